The molecule has 0 bridgehead atoms. The zero-order valence-electron chi connectivity index (χ0n) is 9.83. The zero-order chi connectivity index (χ0) is 12.5. The zero-order valence-corrected chi connectivity index (χ0v) is 9.83. The number of phenolic OH excluding ortho intramolecular Hbond substituents is 1. The molecule has 2 aromatic rings. The van der Waals surface area contributed by atoms with Crippen molar-refractivity contribution in [2.75, 3.05) is 0 Å². The molecule has 90 valence electrons. The summed E-state index contributed by atoms with van der Waals surface area (Å²) in [5, 5.41) is 27.0. The molecule has 2 rings (SSSR count). The van der Waals surface area contributed by atoms with Crippen molar-refractivity contribution in [1.82, 2.24) is 15.0 Å². The largest absolute Gasteiger partial charge is 0.508 e. The Hall–Kier alpha value is -1.88. The fourth-order valence-electron chi connectivity index (χ4n) is 1.58. The van der Waals surface area contributed by atoms with E-state index in [1.807, 2.05) is 6.07 Å². The second kappa shape index (κ2) is 4.18. The molecule has 0 saturated heterocycles. The highest BCUT2D eigenvalue weighted by molar-refractivity contribution is 5.37. The maximum Gasteiger partial charge on any atom is 0.117 e. The van der Waals surface area contributed by atoms with Gasteiger partial charge in [-0.3, -0.25) is 0 Å². The Morgan fingerprint density at radius 2 is 2.12 bits per heavy atom. The molecule has 5 heteroatoms. The minimum atomic E-state index is -0.806. The van der Waals surface area contributed by atoms with Crippen LogP contribution in [-0.2, 0) is 6.42 Å². The van der Waals surface area contributed by atoms with Gasteiger partial charge in [0.1, 0.15) is 5.75 Å². The van der Waals surface area contributed by atoms with Crippen molar-refractivity contribution < 1.29 is 10.2 Å². The van der Waals surface area contributed by atoms with Gasteiger partial charge in [-0.2, -0.15) is 0 Å². The third kappa shape index (κ3) is 3.04. The Kier molecular flexibility index (Phi) is 2.85. The van der Waals surface area contributed by atoms with E-state index in [9.17, 15) is 10.2 Å². The highest BCUT2D eigenvalue weighted by Crippen LogP contribution is 2.15. The Morgan fingerprint density at radius 3 is 2.76 bits per heavy atom. The van der Waals surface area contributed by atoms with Crippen LogP contribution in [0.5, 0.6) is 5.75 Å². The topological polar surface area (TPSA) is 71.2 Å². The molecular weight excluding hydrogens is 218 g/mol. The van der Waals surface area contributed by atoms with E-state index in [2.05, 4.69) is 10.3 Å². The molecule has 17 heavy (non-hydrogen) atoms. The minimum Gasteiger partial charge on any atom is -0.508 e. The molecule has 0 aliphatic rings. The van der Waals surface area contributed by atoms with E-state index < -0.39 is 5.60 Å². The summed E-state index contributed by atoms with van der Waals surface area (Å²) in [7, 11) is 0. The molecule has 0 radical (unpaired) electrons. The van der Waals surface area contributed by atoms with Gasteiger partial charge in [-0.15, -0.1) is 5.10 Å². The number of aromatic nitrogens is 3. The molecule has 1 aromatic heterocycles. The highest BCUT2D eigenvalue weighted by atomic mass is 16.3. The van der Waals surface area contributed by atoms with Gasteiger partial charge < -0.3 is 10.2 Å². The van der Waals surface area contributed by atoms with E-state index in [1.54, 1.807) is 42.9 Å². The maximum atomic E-state index is 9.68. The predicted molar refractivity (Wildman–Crippen MR) is 63.0 cm³/mol. The first kappa shape index (κ1) is 11.6. The van der Waals surface area contributed by atoms with Crippen LogP contribution in [0.1, 0.15) is 19.5 Å². The van der Waals surface area contributed by atoms with E-state index in [-0.39, 0.29) is 5.75 Å². The van der Waals surface area contributed by atoms with Crippen molar-refractivity contribution in [2.45, 2.75) is 25.9 Å². The number of aromatic hydroxyl groups is 1. The Morgan fingerprint density at radius 1 is 1.35 bits per heavy atom. The second-order valence-electron chi connectivity index (χ2n) is 4.66. The molecule has 5 nitrogen and oxygen atoms in total. The number of hydrogen-bond donors (Lipinski definition) is 2. The molecule has 2 N–H and O–H groups in total. The maximum absolute atomic E-state index is 9.68. The average Bonchev–Trinajstić information content (AvgIpc) is 2.63. The van der Waals surface area contributed by atoms with Crippen LogP contribution in [0.3, 0.4) is 0 Å². The lowest BCUT2D eigenvalue weighted by Crippen LogP contribution is -2.22. The van der Waals surface area contributed by atoms with Gasteiger partial charge in [0.25, 0.3) is 0 Å². The van der Waals surface area contributed by atoms with E-state index in [0.717, 1.165) is 5.69 Å². The quantitative estimate of drug-likeness (QED) is 0.838. The Balaban J connectivity index is 2.24. The molecule has 1 aromatic carbocycles. The highest BCUT2D eigenvalue weighted by Gasteiger charge is 2.16. The summed E-state index contributed by atoms with van der Waals surface area (Å²) >= 11 is 0. The number of hydrogen-bond acceptors (Lipinski definition) is 4. The first-order valence-corrected chi connectivity index (χ1v) is 5.37. The molecule has 0 aliphatic heterocycles. The SMILES string of the molecule is CC(C)(O)Cc1cn(-c2cccc(O)c2)nn1. The van der Waals surface area contributed by atoms with Crippen molar-refractivity contribution in [2.24, 2.45) is 0 Å². The van der Waals surface area contributed by atoms with Crippen molar-refractivity contribution in [1.29, 1.82) is 0 Å². The number of benzene rings is 1. The summed E-state index contributed by atoms with van der Waals surface area (Å²) < 4.78 is 1.57. The lowest BCUT2D eigenvalue weighted by molar-refractivity contribution is 0.0799. The first-order valence-electron chi connectivity index (χ1n) is 5.37. The molecule has 0 saturated carbocycles. The number of aliphatic hydroxyl groups is 1. The van der Waals surface area contributed by atoms with Crippen LogP contribution in [-0.4, -0.2) is 30.8 Å². The summed E-state index contributed by atoms with van der Waals surface area (Å²) in [4.78, 5) is 0. The van der Waals surface area contributed by atoms with Gasteiger partial charge in [-0.25, -0.2) is 4.68 Å². The van der Waals surface area contributed by atoms with Crippen LogP contribution >= 0.6 is 0 Å². The fourth-order valence-corrected chi connectivity index (χ4v) is 1.58. The van der Waals surface area contributed by atoms with Crippen molar-refractivity contribution in [3.05, 3.63) is 36.2 Å². The van der Waals surface area contributed by atoms with E-state index >= 15 is 0 Å². The van der Waals surface area contributed by atoms with Gasteiger partial charge in [0, 0.05) is 12.5 Å². The monoisotopic (exact) mass is 233 g/mol. The predicted octanol–water partition coefficient (Wildman–Crippen LogP) is 1.29. The van der Waals surface area contributed by atoms with Gasteiger partial charge >= 0.3 is 0 Å². The smallest absolute Gasteiger partial charge is 0.117 e. The van der Waals surface area contributed by atoms with Crippen LogP contribution in [0.2, 0.25) is 0 Å². The fraction of sp³-hybridized carbons (Fsp3) is 0.333. The van der Waals surface area contributed by atoms with Crippen LogP contribution in [0, 0.1) is 0 Å². The summed E-state index contributed by atoms with van der Waals surface area (Å²) in [5.41, 5.74) is 0.639. The van der Waals surface area contributed by atoms with E-state index in [1.165, 1.54) is 0 Å². The van der Waals surface area contributed by atoms with Gasteiger partial charge in [0.2, 0.25) is 0 Å². The van der Waals surface area contributed by atoms with Crippen LogP contribution < -0.4 is 0 Å². The normalized spacial score (nSPS) is 11.7. The number of rotatable bonds is 3. The molecular formula is C12H15N3O2. The molecule has 0 aliphatic carbocycles. The standard InChI is InChI=1S/C12H15N3O2/c1-12(2,17)7-9-8-15(14-13-9)10-4-3-5-11(16)6-10/h3-6,8,16-17H,7H2,1-2H3. The second-order valence-corrected chi connectivity index (χ2v) is 4.66. The molecule has 0 fully saturated rings. The van der Waals surface area contributed by atoms with Crippen LogP contribution in [0.25, 0.3) is 5.69 Å². The summed E-state index contributed by atoms with van der Waals surface area (Å²) in [6, 6.07) is 6.75. The number of nitrogens with zero attached hydrogens (tertiary/aromatic N) is 3. The van der Waals surface area contributed by atoms with Crippen LogP contribution in [0.15, 0.2) is 30.5 Å². The van der Waals surface area contributed by atoms with Crippen molar-refractivity contribution >= 4 is 0 Å². The first-order chi connectivity index (χ1) is 7.94. The summed E-state index contributed by atoms with van der Waals surface area (Å²) in [5.74, 6) is 0.182. The lowest BCUT2D eigenvalue weighted by Gasteiger charge is -2.13. The lowest BCUT2D eigenvalue weighted by atomic mass is 10.0. The number of phenols is 1. The van der Waals surface area contributed by atoms with Crippen molar-refractivity contribution in [3.63, 3.8) is 0 Å². The Labute approximate surface area is 99.3 Å². The van der Waals surface area contributed by atoms with Crippen molar-refractivity contribution in [3.8, 4) is 11.4 Å². The third-order valence-electron chi connectivity index (χ3n) is 2.25. The molecule has 1 heterocycles. The summed E-state index contributed by atoms with van der Waals surface area (Å²) in [6.07, 6.45) is 2.18. The Bertz CT molecular complexity index is 514. The van der Waals surface area contributed by atoms with Gasteiger partial charge in [0.05, 0.1) is 23.2 Å². The summed E-state index contributed by atoms with van der Waals surface area (Å²) in [6.45, 7) is 3.45. The average molecular weight is 233 g/mol. The molecule has 0 amide bonds. The van der Waals surface area contributed by atoms with E-state index in [4.69, 9.17) is 0 Å². The molecule has 0 spiro atoms. The van der Waals surface area contributed by atoms with Crippen LogP contribution in [0.4, 0.5) is 0 Å². The van der Waals surface area contributed by atoms with Gasteiger partial charge in [-0.05, 0) is 26.0 Å². The van der Waals surface area contributed by atoms with E-state index in [0.29, 0.717) is 12.1 Å². The minimum absolute atomic E-state index is 0.182. The molecule has 0 unspecified atom stereocenters. The van der Waals surface area contributed by atoms with Gasteiger partial charge in [0.15, 0.2) is 0 Å². The third-order valence-corrected chi connectivity index (χ3v) is 2.25. The van der Waals surface area contributed by atoms with Gasteiger partial charge in [-0.1, -0.05) is 11.3 Å². The molecule has 0 atom stereocenters.